The monoisotopic (exact) mass is 359 g/mol. The van der Waals surface area contributed by atoms with Gasteiger partial charge in [0.2, 0.25) is 0 Å². The Morgan fingerprint density at radius 2 is 2.04 bits per heavy atom. The van der Waals surface area contributed by atoms with Crippen molar-refractivity contribution in [3.63, 3.8) is 0 Å². The molecule has 0 radical (unpaired) electrons. The van der Waals surface area contributed by atoms with Gasteiger partial charge in [0.05, 0.1) is 0 Å². The van der Waals surface area contributed by atoms with Crippen LogP contribution in [0.5, 0.6) is 0 Å². The summed E-state index contributed by atoms with van der Waals surface area (Å²) in [5.41, 5.74) is 0.703. The van der Waals surface area contributed by atoms with Gasteiger partial charge >= 0.3 is 7.60 Å². The number of allylic oxidation sites excluding steroid dienone is 2. The first kappa shape index (κ1) is 19.4. The van der Waals surface area contributed by atoms with E-state index in [0.717, 1.165) is 5.56 Å². The maximum Gasteiger partial charge on any atom is 0.346 e. The Labute approximate surface area is 148 Å². The van der Waals surface area contributed by atoms with Crippen molar-refractivity contribution in [3.05, 3.63) is 71.8 Å². The number of hydrogen-bond donors (Lipinski definition) is 3. The molecule has 5 nitrogen and oxygen atoms in total. The standard InChI is InChI=1S/C19H22NO4P/c1-3-14-24-19(2)12-7-10-17(11-13-19)18(25(21,22)23)20-15-16-8-5-4-6-9-16/h1,4-13,18,20H,14-15H2,2H3,(H2,21,22,23). The van der Waals surface area contributed by atoms with Gasteiger partial charge < -0.3 is 14.5 Å². The van der Waals surface area contributed by atoms with Crippen molar-refractivity contribution in [2.24, 2.45) is 0 Å². The lowest BCUT2D eigenvalue weighted by molar-refractivity contribution is 0.0660. The van der Waals surface area contributed by atoms with Crippen molar-refractivity contribution in [2.75, 3.05) is 6.61 Å². The third-order valence-corrected chi connectivity index (χ3v) is 4.94. The second-order valence-corrected chi connectivity index (χ2v) is 7.59. The first-order valence-electron chi connectivity index (χ1n) is 7.83. The second-order valence-electron chi connectivity index (χ2n) is 5.89. The number of nitrogens with one attached hydrogen (secondary N) is 1. The van der Waals surface area contributed by atoms with E-state index in [1.165, 1.54) is 0 Å². The molecular formula is C19H22NO4P. The fourth-order valence-corrected chi connectivity index (χ4v) is 3.33. The van der Waals surface area contributed by atoms with E-state index in [-0.39, 0.29) is 6.61 Å². The zero-order valence-corrected chi connectivity index (χ0v) is 14.9. The molecule has 0 fully saturated rings. The van der Waals surface area contributed by atoms with Crippen LogP contribution in [0.1, 0.15) is 12.5 Å². The van der Waals surface area contributed by atoms with Gasteiger partial charge in [0.1, 0.15) is 18.0 Å². The van der Waals surface area contributed by atoms with Crippen LogP contribution in [0, 0.1) is 12.3 Å². The minimum absolute atomic E-state index is 0.148. The van der Waals surface area contributed by atoms with Gasteiger partial charge in [-0.3, -0.25) is 9.88 Å². The third kappa shape index (κ3) is 5.82. The minimum atomic E-state index is -4.40. The van der Waals surface area contributed by atoms with E-state index in [1.54, 1.807) is 30.4 Å². The SMILES string of the molecule is C#CCOC1(C)C=CC=C(C(NCc2ccccc2)P(=O)(O)O)C=C1. The number of terminal acetylenes is 1. The highest BCUT2D eigenvalue weighted by molar-refractivity contribution is 7.52. The fourth-order valence-electron chi connectivity index (χ4n) is 2.44. The number of rotatable bonds is 7. The van der Waals surface area contributed by atoms with E-state index >= 15 is 0 Å². The summed E-state index contributed by atoms with van der Waals surface area (Å²) in [5, 5.41) is 2.95. The van der Waals surface area contributed by atoms with Crippen molar-refractivity contribution >= 4 is 7.60 Å². The van der Waals surface area contributed by atoms with Gasteiger partial charge in [-0.05, 0) is 30.2 Å². The Morgan fingerprint density at radius 1 is 1.32 bits per heavy atom. The van der Waals surface area contributed by atoms with E-state index in [0.29, 0.717) is 12.1 Å². The van der Waals surface area contributed by atoms with Crippen molar-refractivity contribution in [1.82, 2.24) is 5.32 Å². The molecule has 1 aromatic rings. The Balaban J connectivity index is 2.17. The lowest BCUT2D eigenvalue weighted by atomic mass is 10.1. The maximum atomic E-state index is 12.0. The van der Waals surface area contributed by atoms with E-state index < -0.39 is 19.0 Å². The highest BCUT2D eigenvalue weighted by Crippen LogP contribution is 2.44. The number of hydrogen-bond acceptors (Lipinski definition) is 3. The minimum Gasteiger partial charge on any atom is -0.354 e. The predicted octanol–water partition coefficient (Wildman–Crippen LogP) is 2.74. The summed E-state index contributed by atoms with van der Waals surface area (Å²) >= 11 is 0. The van der Waals surface area contributed by atoms with Crippen LogP contribution in [0.2, 0.25) is 0 Å². The number of ether oxygens (including phenoxy) is 1. The molecule has 132 valence electrons. The van der Waals surface area contributed by atoms with Crippen molar-refractivity contribution in [3.8, 4) is 12.3 Å². The van der Waals surface area contributed by atoms with Crippen LogP contribution in [0.25, 0.3) is 0 Å². The van der Waals surface area contributed by atoms with E-state index in [1.807, 2.05) is 37.3 Å². The zero-order valence-electron chi connectivity index (χ0n) is 14.0. The summed E-state index contributed by atoms with van der Waals surface area (Å²) in [5.74, 6) is 1.31. The Bertz CT molecular complexity index is 757. The fraction of sp³-hybridized carbons (Fsp3) is 0.263. The third-order valence-electron chi connectivity index (χ3n) is 3.78. The Kier molecular flexibility index (Phi) is 6.55. The number of benzene rings is 1. The summed E-state index contributed by atoms with van der Waals surface area (Å²) in [6.45, 7) is 2.32. The summed E-state index contributed by atoms with van der Waals surface area (Å²) < 4.78 is 17.6. The lowest BCUT2D eigenvalue weighted by Crippen LogP contribution is -2.30. The summed E-state index contributed by atoms with van der Waals surface area (Å²) in [7, 11) is -4.40. The van der Waals surface area contributed by atoms with Gasteiger partial charge in [-0.15, -0.1) is 6.42 Å². The Morgan fingerprint density at radius 3 is 2.68 bits per heavy atom. The molecule has 2 unspecified atom stereocenters. The van der Waals surface area contributed by atoms with E-state index in [9.17, 15) is 14.4 Å². The van der Waals surface area contributed by atoms with Crippen molar-refractivity contribution < 1.29 is 19.1 Å². The Hall–Kier alpha value is -1.93. The molecule has 0 aromatic heterocycles. The lowest BCUT2D eigenvalue weighted by Gasteiger charge is -2.22. The molecule has 1 aliphatic carbocycles. The molecule has 0 saturated heterocycles. The van der Waals surface area contributed by atoms with Crippen LogP contribution >= 0.6 is 7.60 Å². The smallest absolute Gasteiger partial charge is 0.346 e. The van der Waals surface area contributed by atoms with Gasteiger partial charge in [-0.1, -0.05) is 54.5 Å². The van der Waals surface area contributed by atoms with Gasteiger partial charge in [0.15, 0.2) is 0 Å². The molecule has 0 aliphatic heterocycles. The topological polar surface area (TPSA) is 78.8 Å². The first-order chi connectivity index (χ1) is 11.8. The second kappa shape index (κ2) is 8.44. The van der Waals surface area contributed by atoms with E-state index in [2.05, 4.69) is 11.2 Å². The zero-order chi connectivity index (χ0) is 18.3. The van der Waals surface area contributed by atoms with Crippen molar-refractivity contribution in [2.45, 2.75) is 24.9 Å². The molecule has 0 heterocycles. The van der Waals surface area contributed by atoms with E-state index in [4.69, 9.17) is 11.2 Å². The molecule has 0 spiro atoms. The van der Waals surface area contributed by atoms with Crippen molar-refractivity contribution in [1.29, 1.82) is 0 Å². The molecule has 2 rings (SSSR count). The van der Waals surface area contributed by atoms with Crippen LogP contribution < -0.4 is 5.32 Å². The molecule has 3 N–H and O–H groups in total. The summed E-state index contributed by atoms with van der Waals surface area (Å²) in [6, 6.07) is 9.44. The quantitative estimate of drug-likeness (QED) is 0.515. The largest absolute Gasteiger partial charge is 0.354 e. The van der Waals surface area contributed by atoms with Crippen LogP contribution in [0.4, 0.5) is 0 Å². The van der Waals surface area contributed by atoms with Crippen LogP contribution in [0.3, 0.4) is 0 Å². The molecular weight excluding hydrogens is 337 g/mol. The molecule has 1 aromatic carbocycles. The average molecular weight is 359 g/mol. The van der Waals surface area contributed by atoms with Gasteiger partial charge in [0.25, 0.3) is 0 Å². The molecule has 0 saturated carbocycles. The van der Waals surface area contributed by atoms with Crippen LogP contribution in [0.15, 0.2) is 66.3 Å². The molecule has 6 heteroatoms. The normalized spacial score (nSPS) is 21.3. The first-order valence-corrected chi connectivity index (χ1v) is 9.51. The maximum absolute atomic E-state index is 12.0. The van der Waals surface area contributed by atoms with Gasteiger partial charge in [0, 0.05) is 6.54 Å². The molecule has 2 atom stereocenters. The summed E-state index contributed by atoms with van der Waals surface area (Å²) in [4.78, 5) is 19.5. The molecule has 25 heavy (non-hydrogen) atoms. The highest BCUT2D eigenvalue weighted by atomic mass is 31.2. The summed E-state index contributed by atoms with van der Waals surface area (Å²) in [6.07, 6.45) is 13.8. The van der Waals surface area contributed by atoms with Gasteiger partial charge in [-0.2, -0.15) is 0 Å². The predicted molar refractivity (Wildman–Crippen MR) is 98.7 cm³/mol. The van der Waals surface area contributed by atoms with Crippen LogP contribution in [-0.2, 0) is 15.8 Å². The molecule has 0 bridgehead atoms. The molecule has 1 aliphatic rings. The van der Waals surface area contributed by atoms with Gasteiger partial charge in [-0.25, -0.2) is 0 Å². The van der Waals surface area contributed by atoms with Crippen LogP contribution in [-0.4, -0.2) is 27.8 Å². The highest BCUT2D eigenvalue weighted by Gasteiger charge is 2.31. The average Bonchev–Trinajstić information content (AvgIpc) is 2.76. The molecule has 0 amide bonds.